The van der Waals surface area contributed by atoms with Gasteiger partial charge in [0.25, 0.3) is 0 Å². The number of aromatic nitrogens is 2. The lowest BCUT2D eigenvalue weighted by Crippen LogP contribution is -2.13. The molecule has 1 amide bonds. The van der Waals surface area contributed by atoms with E-state index in [1.54, 1.807) is 0 Å². The summed E-state index contributed by atoms with van der Waals surface area (Å²) in [5.74, 6) is 0.233. The largest absolute Gasteiger partial charge is 0.330 e. The molecule has 0 bridgehead atoms. The number of nitrogens with zero attached hydrogens (tertiary/aromatic N) is 2. The number of anilines is 1. The summed E-state index contributed by atoms with van der Waals surface area (Å²) in [4.78, 5) is 20.4. The average Bonchev–Trinajstić information content (AvgIpc) is 2.48. The van der Waals surface area contributed by atoms with Crippen molar-refractivity contribution in [1.29, 1.82) is 0 Å². The van der Waals surface area contributed by atoms with E-state index in [1.165, 1.54) is 0 Å². The van der Waals surface area contributed by atoms with E-state index in [0.29, 0.717) is 29.8 Å². The van der Waals surface area contributed by atoms with Crippen LogP contribution in [0.2, 0.25) is 5.15 Å². The van der Waals surface area contributed by atoms with Gasteiger partial charge in [0.05, 0.1) is 11.0 Å². The van der Waals surface area contributed by atoms with Crippen LogP contribution < -0.4 is 11.1 Å². The van der Waals surface area contributed by atoms with Crippen molar-refractivity contribution in [2.45, 2.75) is 32.1 Å². The number of hydrogen-bond acceptors (Lipinski definition) is 4. The minimum absolute atomic E-state index is 0.0887. The van der Waals surface area contributed by atoms with Gasteiger partial charge < -0.3 is 11.1 Å². The van der Waals surface area contributed by atoms with E-state index in [2.05, 4.69) is 15.3 Å². The van der Waals surface area contributed by atoms with Gasteiger partial charge in [-0.2, -0.15) is 0 Å². The van der Waals surface area contributed by atoms with Gasteiger partial charge >= 0.3 is 0 Å². The van der Waals surface area contributed by atoms with Gasteiger partial charge in [-0.1, -0.05) is 36.6 Å². The molecule has 0 radical (unpaired) electrons. The highest BCUT2D eigenvalue weighted by molar-refractivity contribution is 6.32. The molecule has 0 saturated carbocycles. The van der Waals surface area contributed by atoms with Crippen molar-refractivity contribution >= 4 is 34.4 Å². The van der Waals surface area contributed by atoms with Gasteiger partial charge in [0, 0.05) is 6.42 Å². The number of rotatable bonds is 7. The second kappa shape index (κ2) is 7.90. The van der Waals surface area contributed by atoms with Crippen LogP contribution in [0.15, 0.2) is 24.3 Å². The monoisotopic (exact) mass is 306 g/mol. The Labute approximate surface area is 128 Å². The molecular formula is C15H19ClN4O. The SMILES string of the molecule is NCCCCCCC(=O)Nc1nc2ccccc2nc1Cl. The first-order valence-corrected chi connectivity index (χ1v) is 7.50. The fourth-order valence-electron chi connectivity index (χ4n) is 2.04. The first-order chi connectivity index (χ1) is 10.2. The van der Waals surface area contributed by atoms with Crippen LogP contribution in [0, 0.1) is 0 Å². The Kier molecular flexibility index (Phi) is 5.90. The summed E-state index contributed by atoms with van der Waals surface area (Å²) in [6.45, 7) is 0.703. The lowest BCUT2D eigenvalue weighted by Gasteiger charge is -2.07. The van der Waals surface area contributed by atoms with E-state index in [0.717, 1.165) is 25.7 Å². The van der Waals surface area contributed by atoms with Crippen LogP contribution in [0.3, 0.4) is 0 Å². The van der Waals surface area contributed by atoms with Crippen LogP contribution in [0.25, 0.3) is 11.0 Å². The van der Waals surface area contributed by atoms with E-state index < -0.39 is 0 Å². The molecule has 1 aromatic heterocycles. The lowest BCUT2D eigenvalue weighted by atomic mass is 10.1. The third kappa shape index (κ3) is 4.65. The Morgan fingerprint density at radius 3 is 2.48 bits per heavy atom. The molecule has 0 fully saturated rings. The molecule has 3 N–H and O–H groups in total. The van der Waals surface area contributed by atoms with E-state index in [9.17, 15) is 4.79 Å². The molecule has 5 nitrogen and oxygen atoms in total. The molecule has 0 aliphatic heterocycles. The maximum absolute atomic E-state index is 11.9. The van der Waals surface area contributed by atoms with Crippen LogP contribution in [-0.2, 0) is 4.79 Å². The predicted molar refractivity (Wildman–Crippen MR) is 85.3 cm³/mol. The third-order valence-electron chi connectivity index (χ3n) is 3.14. The van der Waals surface area contributed by atoms with Crippen LogP contribution in [0.1, 0.15) is 32.1 Å². The second-order valence-electron chi connectivity index (χ2n) is 4.85. The Hall–Kier alpha value is -1.72. The maximum Gasteiger partial charge on any atom is 0.225 e. The van der Waals surface area contributed by atoms with Crippen molar-refractivity contribution in [3.05, 3.63) is 29.4 Å². The number of nitrogens with two attached hydrogens (primary N) is 1. The number of unbranched alkanes of at least 4 members (excludes halogenated alkanes) is 3. The first kappa shape index (κ1) is 15.7. The van der Waals surface area contributed by atoms with Gasteiger partial charge in [0.15, 0.2) is 11.0 Å². The number of benzene rings is 1. The number of amides is 1. The smallest absolute Gasteiger partial charge is 0.225 e. The highest BCUT2D eigenvalue weighted by Gasteiger charge is 2.10. The zero-order valence-electron chi connectivity index (χ0n) is 11.8. The second-order valence-corrected chi connectivity index (χ2v) is 5.21. The molecule has 0 unspecified atom stereocenters. The summed E-state index contributed by atoms with van der Waals surface area (Å²) >= 11 is 6.05. The van der Waals surface area contributed by atoms with Gasteiger partial charge in [-0.25, -0.2) is 9.97 Å². The number of para-hydroxylation sites is 2. The van der Waals surface area contributed by atoms with Crippen molar-refractivity contribution in [2.24, 2.45) is 5.73 Å². The van der Waals surface area contributed by atoms with Crippen LogP contribution in [0.4, 0.5) is 5.82 Å². The fourth-order valence-corrected chi connectivity index (χ4v) is 2.22. The van der Waals surface area contributed by atoms with Crippen molar-refractivity contribution < 1.29 is 4.79 Å². The Morgan fingerprint density at radius 2 is 1.76 bits per heavy atom. The standard InChI is InChI=1S/C15H19ClN4O/c16-14-15(19-12-8-5-4-7-11(12)18-14)20-13(21)9-3-1-2-6-10-17/h4-5,7-8H,1-3,6,9-10,17H2,(H,19,20,21). The molecule has 21 heavy (non-hydrogen) atoms. The molecular weight excluding hydrogens is 288 g/mol. The molecule has 2 rings (SSSR count). The zero-order valence-corrected chi connectivity index (χ0v) is 12.6. The predicted octanol–water partition coefficient (Wildman–Crippen LogP) is 3.13. The molecule has 1 aromatic carbocycles. The summed E-state index contributed by atoms with van der Waals surface area (Å²) in [5.41, 5.74) is 6.84. The minimum Gasteiger partial charge on any atom is -0.330 e. The molecule has 1 heterocycles. The van der Waals surface area contributed by atoms with Crippen molar-refractivity contribution in [3.63, 3.8) is 0 Å². The van der Waals surface area contributed by atoms with Gasteiger partial charge in [-0.3, -0.25) is 4.79 Å². The highest BCUT2D eigenvalue weighted by atomic mass is 35.5. The summed E-state index contributed by atoms with van der Waals surface area (Å²) in [7, 11) is 0. The minimum atomic E-state index is -0.0887. The van der Waals surface area contributed by atoms with E-state index in [-0.39, 0.29) is 11.1 Å². The Balaban J connectivity index is 1.93. The van der Waals surface area contributed by atoms with Gasteiger partial charge in [-0.05, 0) is 31.5 Å². The molecule has 0 aliphatic carbocycles. The molecule has 0 aliphatic rings. The van der Waals surface area contributed by atoms with Gasteiger partial charge in [-0.15, -0.1) is 0 Å². The highest BCUT2D eigenvalue weighted by Crippen LogP contribution is 2.21. The zero-order chi connectivity index (χ0) is 15.1. The summed E-state index contributed by atoms with van der Waals surface area (Å²) in [6.07, 6.45) is 4.35. The topological polar surface area (TPSA) is 80.9 Å². The molecule has 0 atom stereocenters. The van der Waals surface area contributed by atoms with E-state index in [4.69, 9.17) is 17.3 Å². The Morgan fingerprint density at radius 1 is 1.10 bits per heavy atom. The maximum atomic E-state index is 11.9. The third-order valence-corrected chi connectivity index (χ3v) is 3.41. The molecule has 6 heteroatoms. The summed E-state index contributed by atoms with van der Waals surface area (Å²) < 4.78 is 0. The number of fused-ring (bicyclic) bond motifs is 1. The fraction of sp³-hybridized carbons (Fsp3) is 0.400. The van der Waals surface area contributed by atoms with Crippen LogP contribution in [0.5, 0.6) is 0 Å². The normalized spacial score (nSPS) is 10.8. The van der Waals surface area contributed by atoms with Crippen molar-refractivity contribution in [1.82, 2.24) is 9.97 Å². The molecule has 0 spiro atoms. The molecule has 0 saturated heterocycles. The van der Waals surface area contributed by atoms with Crippen molar-refractivity contribution in [2.75, 3.05) is 11.9 Å². The molecule has 112 valence electrons. The average molecular weight is 307 g/mol. The van der Waals surface area contributed by atoms with Crippen LogP contribution >= 0.6 is 11.6 Å². The number of nitrogens with one attached hydrogen (secondary N) is 1. The quantitative estimate of drug-likeness (QED) is 0.770. The number of carbonyl (C=O) groups excluding carboxylic acids is 1. The number of halogens is 1. The first-order valence-electron chi connectivity index (χ1n) is 7.13. The van der Waals surface area contributed by atoms with Gasteiger partial charge in [0.2, 0.25) is 5.91 Å². The summed E-state index contributed by atoms with van der Waals surface area (Å²) in [6, 6.07) is 7.40. The van der Waals surface area contributed by atoms with Gasteiger partial charge in [0.1, 0.15) is 0 Å². The Bertz CT molecular complexity index is 618. The number of carbonyl (C=O) groups is 1. The summed E-state index contributed by atoms with van der Waals surface area (Å²) in [5, 5.41) is 2.94. The molecule has 2 aromatic rings. The lowest BCUT2D eigenvalue weighted by molar-refractivity contribution is -0.116. The number of hydrogen-bond donors (Lipinski definition) is 2. The van der Waals surface area contributed by atoms with E-state index >= 15 is 0 Å². The van der Waals surface area contributed by atoms with E-state index in [1.807, 2.05) is 24.3 Å². The van der Waals surface area contributed by atoms with Crippen LogP contribution in [-0.4, -0.2) is 22.4 Å². The van der Waals surface area contributed by atoms with Crippen molar-refractivity contribution in [3.8, 4) is 0 Å².